The maximum absolute atomic E-state index is 13.9. The highest BCUT2D eigenvalue weighted by Crippen LogP contribution is 2.33. The second-order valence-electron chi connectivity index (χ2n) is 9.81. The van der Waals surface area contributed by atoms with Gasteiger partial charge in [0.05, 0.1) is 21.7 Å². The minimum atomic E-state index is -3.65. The molecule has 0 aliphatic rings. The number of unbranched alkanes of at least 4 members (excludes halogenated alkanes) is 2. The molecule has 206 valence electrons. The molecule has 1 amide bonds. The smallest absolute Gasteiger partial charge is 0.260 e. The zero-order chi connectivity index (χ0) is 28.0. The lowest BCUT2D eigenvalue weighted by Crippen LogP contribution is -2.33. The lowest BCUT2D eigenvalue weighted by molar-refractivity contribution is 0.0985. The third kappa shape index (κ3) is 6.72. The number of hydrogen-bond donors (Lipinski definition) is 0. The van der Waals surface area contributed by atoms with Crippen molar-refractivity contribution in [2.75, 3.05) is 18.0 Å². The standard InChI is InChI=1S/C30H36N4O3S2/c1-5-7-16-33(17-8-6-2)39(36,37)26-13-11-25(12-14-26)29(35)34(21-24-10-9-15-31-20-24)30-32-27-19-22(3)18-23(4)28(27)38-30/h9-15,18-20H,5-8,16-17,21H2,1-4H3. The van der Waals surface area contributed by atoms with Gasteiger partial charge in [-0.2, -0.15) is 4.31 Å². The Kier molecular flexibility index (Phi) is 9.48. The highest BCUT2D eigenvalue weighted by Gasteiger charge is 2.26. The number of carbonyl (C=O) groups excluding carboxylic acids is 1. The van der Waals surface area contributed by atoms with Crippen LogP contribution in [0.3, 0.4) is 0 Å². The van der Waals surface area contributed by atoms with Crippen molar-refractivity contribution in [1.82, 2.24) is 14.3 Å². The van der Waals surface area contributed by atoms with Gasteiger partial charge in [0.1, 0.15) is 0 Å². The van der Waals surface area contributed by atoms with Gasteiger partial charge in [-0.1, -0.05) is 50.2 Å². The normalized spacial score (nSPS) is 11.8. The minimum Gasteiger partial charge on any atom is -0.279 e. The summed E-state index contributed by atoms with van der Waals surface area (Å²) in [5.41, 5.74) is 4.37. The van der Waals surface area contributed by atoms with Crippen molar-refractivity contribution in [2.24, 2.45) is 0 Å². The van der Waals surface area contributed by atoms with Gasteiger partial charge < -0.3 is 0 Å². The molecule has 0 bridgehead atoms. The topological polar surface area (TPSA) is 83.5 Å². The Labute approximate surface area is 235 Å². The lowest BCUT2D eigenvalue weighted by Gasteiger charge is -2.22. The Hall–Kier alpha value is -3.14. The molecule has 0 saturated heterocycles. The van der Waals surface area contributed by atoms with Gasteiger partial charge in [-0.3, -0.25) is 14.7 Å². The number of thiazole rings is 1. The SMILES string of the molecule is CCCCN(CCCC)S(=O)(=O)c1ccc(C(=O)N(Cc2cccnc2)c2nc3cc(C)cc(C)c3s2)cc1. The van der Waals surface area contributed by atoms with E-state index in [1.165, 1.54) is 11.3 Å². The number of sulfonamides is 1. The molecule has 9 heteroatoms. The predicted octanol–water partition coefficient (Wildman–Crippen LogP) is 6.75. The van der Waals surface area contributed by atoms with E-state index < -0.39 is 10.0 Å². The monoisotopic (exact) mass is 564 g/mol. The summed E-state index contributed by atoms with van der Waals surface area (Å²) >= 11 is 1.48. The van der Waals surface area contributed by atoms with E-state index >= 15 is 0 Å². The van der Waals surface area contributed by atoms with Crippen molar-refractivity contribution in [1.29, 1.82) is 0 Å². The number of amides is 1. The van der Waals surface area contributed by atoms with Crippen molar-refractivity contribution in [3.05, 3.63) is 83.2 Å². The Morgan fingerprint density at radius 2 is 1.67 bits per heavy atom. The van der Waals surface area contributed by atoms with E-state index in [4.69, 9.17) is 4.98 Å². The first-order valence-electron chi connectivity index (χ1n) is 13.4. The van der Waals surface area contributed by atoms with Crippen LogP contribution in [0.4, 0.5) is 5.13 Å². The molecule has 0 fully saturated rings. The number of aromatic nitrogens is 2. The van der Waals surface area contributed by atoms with Crippen LogP contribution in [0.25, 0.3) is 10.2 Å². The molecule has 0 unspecified atom stereocenters. The molecule has 2 heterocycles. The van der Waals surface area contributed by atoms with Crippen LogP contribution in [0.2, 0.25) is 0 Å². The van der Waals surface area contributed by atoms with Crippen molar-refractivity contribution in [2.45, 2.75) is 64.8 Å². The van der Waals surface area contributed by atoms with Crippen molar-refractivity contribution >= 4 is 42.6 Å². The van der Waals surface area contributed by atoms with Crippen LogP contribution in [0, 0.1) is 13.8 Å². The van der Waals surface area contributed by atoms with Crippen LogP contribution in [-0.2, 0) is 16.6 Å². The first-order valence-corrected chi connectivity index (χ1v) is 15.7. The summed E-state index contributed by atoms with van der Waals surface area (Å²) in [6.45, 7) is 9.47. The fourth-order valence-electron chi connectivity index (χ4n) is 4.48. The molecular weight excluding hydrogens is 528 g/mol. The summed E-state index contributed by atoms with van der Waals surface area (Å²) in [7, 11) is -3.65. The molecule has 2 aromatic carbocycles. The van der Waals surface area contributed by atoms with E-state index in [9.17, 15) is 13.2 Å². The Morgan fingerprint density at radius 1 is 0.974 bits per heavy atom. The highest BCUT2D eigenvalue weighted by molar-refractivity contribution is 7.89. The summed E-state index contributed by atoms with van der Waals surface area (Å²) in [4.78, 5) is 24.7. The van der Waals surface area contributed by atoms with Gasteiger partial charge in [0.2, 0.25) is 10.0 Å². The molecule has 0 spiro atoms. The molecule has 7 nitrogen and oxygen atoms in total. The van der Waals surface area contributed by atoms with Gasteiger partial charge in [0.15, 0.2) is 5.13 Å². The van der Waals surface area contributed by atoms with E-state index in [2.05, 4.69) is 24.9 Å². The average molecular weight is 565 g/mol. The Morgan fingerprint density at radius 3 is 2.28 bits per heavy atom. The number of aryl methyl sites for hydroxylation is 2. The van der Waals surface area contributed by atoms with Gasteiger partial charge in [0.25, 0.3) is 5.91 Å². The third-order valence-corrected chi connectivity index (χ3v) is 9.75. The summed E-state index contributed by atoms with van der Waals surface area (Å²) in [6.07, 6.45) is 6.89. The average Bonchev–Trinajstić information content (AvgIpc) is 3.36. The van der Waals surface area contributed by atoms with Crippen LogP contribution in [0.1, 0.15) is 66.6 Å². The largest absolute Gasteiger partial charge is 0.279 e. The molecule has 4 rings (SSSR count). The minimum absolute atomic E-state index is 0.205. The number of nitrogens with zero attached hydrogens (tertiary/aromatic N) is 4. The summed E-state index contributed by atoms with van der Waals surface area (Å²) in [5, 5.41) is 0.592. The molecular formula is C30H36N4O3S2. The molecule has 2 aromatic heterocycles. The fraction of sp³-hybridized carbons (Fsp3) is 0.367. The van der Waals surface area contributed by atoms with E-state index in [1.807, 2.05) is 32.0 Å². The lowest BCUT2D eigenvalue weighted by atomic mass is 10.1. The molecule has 0 radical (unpaired) electrons. The van der Waals surface area contributed by atoms with Crippen molar-refractivity contribution < 1.29 is 13.2 Å². The van der Waals surface area contributed by atoms with Gasteiger partial charge >= 0.3 is 0 Å². The zero-order valence-electron chi connectivity index (χ0n) is 23.1. The molecule has 0 aliphatic carbocycles. The van der Waals surface area contributed by atoms with Crippen LogP contribution in [0.15, 0.2) is 65.8 Å². The van der Waals surface area contributed by atoms with E-state index in [0.717, 1.165) is 52.6 Å². The molecule has 0 aliphatic heterocycles. The zero-order valence-corrected chi connectivity index (χ0v) is 24.7. The van der Waals surface area contributed by atoms with Crippen LogP contribution in [0.5, 0.6) is 0 Å². The molecule has 0 atom stereocenters. The quantitative estimate of drug-likeness (QED) is 0.190. The fourth-order valence-corrected chi connectivity index (χ4v) is 7.01. The Balaban J connectivity index is 1.67. The molecule has 4 aromatic rings. The molecule has 39 heavy (non-hydrogen) atoms. The number of anilines is 1. The first kappa shape index (κ1) is 28.9. The summed E-state index contributed by atoms with van der Waals surface area (Å²) in [6, 6.07) is 14.2. The van der Waals surface area contributed by atoms with E-state index in [-0.39, 0.29) is 10.8 Å². The number of hydrogen-bond acceptors (Lipinski definition) is 6. The van der Waals surface area contributed by atoms with Gasteiger partial charge in [-0.05, 0) is 79.8 Å². The van der Waals surface area contributed by atoms with Gasteiger partial charge in [0, 0.05) is 31.0 Å². The second-order valence-corrected chi connectivity index (χ2v) is 12.7. The number of pyridine rings is 1. The second kappa shape index (κ2) is 12.8. The molecule has 0 N–H and O–H groups in total. The van der Waals surface area contributed by atoms with Crippen LogP contribution >= 0.6 is 11.3 Å². The number of benzene rings is 2. The number of carbonyl (C=O) groups is 1. The van der Waals surface area contributed by atoms with E-state index in [0.29, 0.717) is 30.3 Å². The first-order chi connectivity index (χ1) is 18.7. The van der Waals surface area contributed by atoms with Crippen molar-refractivity contribution in [3.63, 3.8) is 0 Å². The summed E-state index contributed by atoms with van der Waals surface area (Å²) < 4.78 is 29.4. The molecule has 0 saturated carbocycles. The number of rotatable bonds is 12. The van der Waals surface area contributed by atoms with E-state index in [1.54, 1.807) is 45.9 Å². The maximum Gasteiger partial charge on any atom is 0.260 e. The number of fused-ring (bicyclic) bond motifs is 1. The highest BCUT2D eigenvalue weighted by atomic mass is 32.2. The van der Waals surface area contributed by atoms with Crippen molar-refractivity contribution in [3.8, 4) is 0 Å². The van der Waals surface area contributed by atoms with Crippen LogP contribution in [-0.4, -0.2) is 41.7 Å². The van der Waals surface area contributed by atoms with Crippen LogP contribution < -0.4 is 4.90 Å². The van der Waals surface area contributed by atoms with Gasteiger partial charge in [-0.25, -0.2) is 13.4 Å². The Bertz CT molecular complexity index is 1510. The van der Waals surface area contributed by atoms with Gasteiger partial charge in [-0.15, -0.1) is 0 Å². The third-order valence-electron chi connectivity index (χ3n) is 6.61. The summed E-state index contributed by atoms with van der Waals surface area (Å²) in [5.74, 6) is -0.245. The maximum atomic E-state index is 13.9. The predicted molar refractivity (Wildman–Crippen MR) is 159 cm³/mol.